The molecule has 1 N–H and O–H groups in total. The number of nitrogens with zero attached hydrogens (tertiary/aromatic N) is 1. The Hall–Kier alpha value is -1.19. The second-order valence-corrected chi connectivity index (χ2v) is 3.63. The lowest BCUT2D eigenvalue weighted by molar-refractivity contribution is 0.520. The lowest BCUT2D eigenvalue weighted by Gasteiger charge is -2.04. The molecule has 0 saturated carbocycles. The van der Waals surface area contributed by atoms with Crippen molar-refractivity contribution in [2.75, 3.05) is 5.32 Å². The van der Waals surface area contributed by atoms with Crippen molar-refractivity contribution in [1.82, 2.24) is 4.98 Å². The summed E-state index contributed by atoms with van der Waals surface area (Å²) in [5.41, 5.74) is 0.770. The zero-order valence-electron chi connectivity index (χ0n) is 7.71. The smallest absolute Gasteiger partial charge is 0.193 e. The molecule has 2 aromatic rings. The fourth-order valence-electron chi connectivity index (χ4n) is 1.15. The first-order valence-corrected chi connectivity index (χ1v) is 5.10. The van der Waals surface area contributed by atoms with Crippen molar-refractivity contribution in [2.45, 2.75) is 6.54 Å². The van der Waals surface area contributed by atoms with Gasteiger partial charge in [0.15, 0.2) is 10.4 Å². The van der Waals surface area contributed by atoms with E-state index in [1.807, 2.05) is 12.1 Å². The number of anilines is 1. The van der Waals surface area contributed by atoms with Gasteiger partial charge in [-0.25, -0.2) is 4.98 Å². The zero-order chi connectivity index (χ0) is 10.7. The molecular formula is C10H8Cl2N2O. The summed E-state index contributed by atoms with van der Waals surface area (Å²) in [5, 5.41) is 3.91. The molecule has 0 fully saturated rings. The Bertz CT molecular complexity index is 456. The molecule has 0 aliphatic heterocycles. The highest BCUT2D eigenvalue weighted by Gasteiger charge is 2.02. The van der Waals surface area contributed by atoms with Crippen molar-refractivity contribution < 1.29 is 4.42 Å². The summed E-state index contributed by atoms with van der Waals surface area (Å²) in [7, 11) is 0. The molecule has 0 radical (unpaired) electrons. The molecule has 15 heavy (non-hydrogen) atoms. The van der Waals surface area contributed by atoms with Gasteiger partial charge in [-0.15, -0.1) is 0 Å². The van der Waals surface area contributed by atoms with Crippen LogP contribution in [0.25, 0.3) is 0 Å². The second kappa shape index (κ2) is 4.55. The fourth-order valence-corrected chi connectivity index (χ4v) is 1.50. The van der Waals surface area contributed by atoms with Crippen LogP contribution in [-0.2, 0) is 6.54 Å². The summed E-state index contributed by atoms with van der Waals surface area (Å²) < 4.78 is 5.18. The van der Waals surface area contributed by atoms with E-state index in [9.17, 15) is 0 Å². The van der Waals surface area contributed by atoms with Gasteiger partial charge in [-0.2, -0.15) is 0 Å². The molecule has 2 aromatic heterocycles. The van der Waals surface area contributed by atoms with Crippen molar-refractivity contribution in [1.29, 1.82) is 0 Å². The zero-order valence-corrected chi connectivity index (χ0v) is 9.22. The minimum absolute atomic E-state index is 0.379. The van der Waals surface area contributed by atoms with Crippen LogP contribution >= 0.6 is 23.2 Å². The highest BCUT2D eigenvalue weighted by atomic mass is 35.5. The number of nitrogens with one attached hydrogen (secondary N) is 1. The van der Waals surface area contributed by atoms with Crippen LogP contribution in [0.1, 0.15) is 5.76 Å². The third-order valence-electron chi connectivity index (χ3n) is 1.84. The summed E-state index contributed by atoms with van der Waals surface area (Å²) in [5.74, 6) is 0.750. The van der Waals surface area contributed by atoms with E-state index in [4.69, 9.17) is 27.6 Å². The maximum absolute atomic E-state index is 5.87. The van der Waals surface area contributed by atoms with E-state index in [1.54, 1.807) is 18.3 Å². The first-order valence-electron chi connectivity index (χ1n) is 4.34. The third kappa shape index (κ3) is 2.64. The number of rotatable bonds is 3. The third-order valence-corrected chi connectivity index (χ3v) is 2.35. The van der Waals surface area contributed by atoms with Gasteiger partial charge in [0.25, 0.3) is 0 Å². The molecule has 5 heteroatoms. The maximum Gasteiger partial charge on any atom is 0.193 e. The summed E-state index contributed by atoms with van der Waals surface area (Å²) in [4.78, 5) is 3.94. The molecule has 0 bridgehead atoms. The highest BCUT2D eigenvalue weighted by Crippen LogP contribution is 2.19. The Morgan fingerprint density at radius 1 is 1.27 bits per heavy atom. The number of halogens is 2. The molecule has 0 saturated heterocycles. The second-order valence-electron chi connectivity index (χ2n) is 2.90. The van der Waals surface area contributed by atoms with Crippen LogP contribution in [0.3, 0.4) is 0 Å². The van der Waals surface area contributed by atoms with Crippen molar-refractivity contribution in [3.63, 3.8) is 0 Å². The Kier molecular flexibility index (Phi) is 3.14. The van der Waals surface area contributed by atoms with Gasteiger partial charge in [0.1, 0.15) is 5.76 Å². The SMILES string of the molecule is Clc1ccc(CNc2cccnc2Cl)o1. The van der Waals surface area contributed by atoms with Gasteiger partial charge in [-0.1, -0.05) is 11.6 Å². The normalized spacial score (nSPS) is 10.3. The summed E-state index contributed by atoms with van der Waals surface area (Å²) >= 11 is 11.5. The fraction of sp³-hybridized carbons (Fsp3) is 0.100. The van der Waals surface area contributed by atoms with E-state index in [1.165, 1.54) is 0 Å². The minimum Gasteiger partial charge on any atom is -0.448 e. The van der Waals surface area contributed by atoms with Crippen LogP contribution < -0.4 is 5.32 Å². The molecule has 0 aliphatic carbocycles. The molecule has 3 nitrogen and oxygen atoms in total. The van der Waals surface area contributed by atoms with Gasteiger partial charge in [0, 0.05) is 6.20 Å². The monoisotopic (exact) mass is 242 g/mol. The van der Waals surface area contributed by atoms with Crippen LogP contribution in [0.2, 0.25) is 10.4 Å². The number of aromatic nitrogens is 1. The average Bonchev–Trinajstić information content (AvgIpc) is 2.63. The average molecular weight is 243 g/mol. The van der Waals surface area contributed by atoms with Gasteiger partial charge in [-0.05, 0) is 35.9 Å². The lowest BCUT2D eigenvalue weighted by Crippen LogP contribution is -1.99. The largest absolute Gasteiger partial charge is 0.448 e. The van der Waals surface area contributed by atoms with E-state index in [2.05, 4.69) is 10.3 Å². The Morgan fingerprint density at radius 2 is 2.13 bits per heavy atom. The molecule has 2 heterocycles. The van der Waals surface area contributed by atoms with E-state index >= 15 is 0 Å². The molecule has 0 aliphatic rings. The van der Waals surface area contributed by atoms with Gasteiger partial charge in [-0.3, -0.25) is 0 Å². The van der Waals surface area contributed by atoms with Crippen molar-refractivity contribution in [3.8, 4) is 0 Å². The Labute approximate surface area is 97.0 Å². The van der Waals surface area contributed by atoms with Crippen LogP contribution in [-0.4, -0.2) is 4.98 Å². The first kappa shape index (κ1) is 10.3. The molecule has 0 spiro atoms. The molecular weight excluding hydrogens is 235 g/mol. The summed E-state index contributed by atoms with van der Waals surface area (Å²) in [6.45, 7) is 0.526. The lowest BCUT2D eigenvalue weighted by atomic mass is 10.4. The van der Waals surface area contributed by atoms with Gasteiger partial charge in [0.2, 0.25) is 0 Å². The minimum atomic E-state index is 0.379. The number of hydrogen-bond donors (Lipinski definition) is 1. The quantitative estimate of drug-likeness (QED) is 0.837. The maximum atomic E-state index is 5.87. The van der Waals surface area contributed by atoms with Crippen molar-refractivity contribution in [3.05, 3.63) is 46.6 Å². The van der Waals surface area contributed by atoms with E-state index in [0.29, 0.717) is 16.9 Å². The Morgan fingerprint density at radius 3 is 2.80 bits per heavy atom. The molecule has 0 unspecified atom stereocenters. The molecule has 0 atom stereocenters. The molecule has 78 valence electrons. The van der Waals surface area contributed by atoms with Crippen LogP contribution in [0, 0.1) is 0 Å². The number of hydrogen-bond acceptors (Lipinski definition) is 3. The van der Waals surface area contributed by atoms with E-state index in [0.717, 1.165) is 11.4 Å². The Balaban J connectivity index is 2.02. The van der Waals surface area contributed by atoms with Crippen LogP contribution in [0.15, 0.2) is 34.9 Å². The van der Waals surface area contributed by atoms with E-state index in [-0.39, 0.29) is 0 Å². The van der Waals surface area contributed by atoms with Crippen molar-refractivity contribution >= 4 is 28.9 Å². The molecule has 0 aromatic carbocycles. The van der Waals surface area contributed by atoms with Crippen LogP contribution in [0.5, 0.6) is 0 Å². The first-order chi connectivity index (χ1) is 7.25. The standard InChI is InChI=1S/C10H8Cl2N2O/c11-9-4-3-7(15-9)6-14-8-2-1-5-13-10(8)12/h1-5,14H,6H2. The summed E-state index contributed by atoms with van der Waals surface area (Å²) in [6, 6.07) is 7.16. The predicted molar refractivity (Wildman–Crippen MR) is 60.3 cm³/mol. The molecule has 2 rings (SSSR count). The van der Waals surface area contributed by atoms with Gasteiger partial charge in [0.05, 0.1) is 12.2 Å². The molecule has 0 amide bonds. The number of furan rings is 1. The van der Waals surface area contributed by atoms with Gasteiger partial charge < -0.3 is 9.73 Å². The highest BCUT2D eigenvalue weighted by molar-refractivity contribution is 6.31. The number of pyridine rings is 1. The predicted octanol–water partition coefficient (Wildman–Crippen LogP) is 3.59. The van der Waals surface area contributed by atoms with Crippen molar-refractivity contribution in [2.24, 2.45) is 0 Å². The van der Waals surface area contributed by atoms with Gasteiger partial charge >= 0.3 is 0 Å². The van der Waals surface area contributed by atoms with Crippen LogP contribution in [0.4, 0.5) is 5.69 Å². The topological polar surface area (TPSA) is 38.1 Å². The summed E-state index contributed by atoms with van der Waals surface area (Å²) in [6.07, 6.45) is 1.64. The van der Waals surface area contributed by atoms with E-state index < -0.39 is 0 Å².